The Kier molecular flexibility index (Phi) is 6.18. The number of piperazine rings is 1. The molecule has 0 bridgehead atoms. The van der Waals surface area contributed by atoms with Gasteiger partial charge in [0, 0.05) is 68.3 Å². The Hall–Kier alpha value is -3.11. The van der Waals surface area contributed by atoms with E-state index >= 15 is 0 Å². The lowest BCUT2D eigenvalue weighted by atomic mass is 10.0. The molecule has 1 amide bonds. The van der Waals surface area contributed by atoms with Gasteiger partial charge in [-0.1, -0.05) is 13.8 Å². The van der Waals surface area contributed by atoms with E-state index in [0.717, 1.165) is 48.9 Å². The third-order valence-electron chi connectivity index (χ3n) is 6.76. The molecule has 34 heavy (non-hydrogen) atoms. The number of hydrogen-bond acceptors (Lipinski definition) is 8. The van der Waals surface area contributed by atoms with E-state index in [2.05, 4.69) is 23.6 Å². The van der Waals surface area contributed by atoms with Crippen LogP contribution in [0.4, 0.5) is 11.5 Å². The first-order valence-electron chi connectivity index (χ1n) is 11.8. The molecule has 2 aliphatic heterocycles. The van der Waals surface area contributed by atoms with E-state index in [1.165, 1.54) is 40.1 Å². The molecule has 0 N–H and O–H groups in total. The van der Waals surface area contributed by atoms with E-state index in [1.54, 1.807) is 11.3 Å². The smallest absolute Gasteiger partial charge is 0.269 e. The second-order valence-electron chi connectivity index (χ2n) is 8.70. The van der Waals surface area contributed by atoms with Crippen molar-refractivity contribution >= 4 is 39.0 Å². The van der Waals surface area contributed by atoms with Gasteiger partial charge in [0.05, 0.1) is 10.3 Å². The van der Waals surface area contributed by atoms with Crippen LogP contribution in [0.1, 0.15) is 40.5 Å². The van der Waals surface area contributed by atoms with Crippen LogP contribution in [0.15, 0.2) is 24.3 Å². The Morgan fingerprint density at radius 3 is 2.47 bits per heavy atom. The van der Waals surface area contributed by atoms with Gasteiger partial charge in [-0.25, -0.2) is 9.97 Å². The molecule has 2 aliphatic rings. The molecule has 2 aromatic heterocycles. The molecule has 3 aromatic rings. The molecule has 0 unspecified atom stereocenters. The number of likely N-dealkylation sites (N-methyl/N-ethyl adjacent to an activating group) is 1. The Bertz CT molecular complexity index is 1230. The van der Waals surface area contributed by atoms with Crippen molar-refractivity contribution < 1.29 is 9.72 Å². The zero-order chi connectivity index (χ0) is 23.8. The zero-order valence-electron chi connectivity index (χ0n) is 19.5. The maximum Gasteiger partial charge on any atom is 0.269 e. The molecule has 4 heterocycles. The molecule has 0 atom stereocenters. The van der Waals surface area contributed by atoms with Crippen LogP contribution in [-0.4, -0.2) is 69.9 Å². The molecule has 0 spiro atoms. The van der Waals surface area contributed by atoms with Crippen LogP contribution >= 0.6 is 11.3 Å². The topological polar surface area (TPSA) is 95.7 Å². The number of nitro benzene ring substituents is 1. The zero-order valence-corrected chi connectivity index (χ0v) is 20.3. The van der Waals surface area contributed by atoms with Gasteiger partial charge in [0.2, 0.25) is 0 Å². The minimum atomic E-state index is -0.455. The normalized spacial score (nSPS) is 16.6. The lowest BCUT2D eigenvalue weighted by Gasteiger charge is -2.36. The minimum absolute atomic E-state index is 0.0120. The minimum Gasteiger partial charge on any atom is -0.352 e. The van der Waals surface area contributed by atoms with Crippen molar-refractivity contribution in [3.05, 3.63) is 56.2 Å². The van der Waals surface area contributed by atoms with Gasteiger partial charge in [0.15, 0.2) is 0 Å². The van der Waals surface area contributed by atoms with Crippen molar-refractivity contribution in [1.82, 2.24) is 19.8 Å². The fraction of sp³-hybridized carbons (Fsp3) is 0.458. The first-order valence-corrected chi connectivity index (χ1v) is 12.6. The molecule has 10 heteroatoms. The average Bonchev–Trinajstić information content (AvgIpc) is 3.25. The molecular formula is C24H28N6O3S. The number of carbonyl (C=O) groups is 1. The monoisotopic (exact) mass is 480 g/mol. The van der Waals surface area contributed by atoms with Crippen LogP contribution in [0.2, 0.25) is 0 Å². The number of anilines is 1. The van der Waals surface area contributed by atoms with Gasteiger partial charge in [-0.3, -0.25) is 19.8 Å². The maximum absolute atomic E-state index is 13.0. The number of non-ortho nitro benzene ring substituents is 1. The summed E-state index contributed by atoms with van der Waals surface area (Å²) < 4.78 is 0. The summed E-state index contributed by atoms with van der Waals surface area (Å²) in [6.07, 6.45) is 1.80. The highest BCUT2D eigenvalue weighted by Crippen LogP contribution is 2.39. The highest BCUT2D eigenvalue weighted by atomic mass is 32.1. The lowest BCUT2D eigenvalue weighted by molar-refractivity contribution is -0.384. The van der Waals surface area contributed by atoms with Gasteiger partial charge in [-0.15, -0.1) is 11.3 Å². The summed E-state index contributed by atoms with van der Waals surface area (Å²) in [7, 11) is 0. The lowest BCUT2D eigenvalue weighted by Crippen LogP contribution is -2.49. The van der Waals surface area contributed by atoms with Gasteiger partial charge < -0.3 is 9.80 Å². The van der Waals surface area contributed by atoms with Crippen molar-refractivity contribution in [2.75, 3.05) is 44.2 Å². The molecule has 5 rings (SSSR count). The molecule has 1 aromatic carbocycles. The number of nitrogens with zero attached hydrogens (tertiary/aromatic N) is 6. The predicted molar refractivity (Wildman–Crippen MR) is 133 cm³/mol. The molecule has 9 nitrogen and oxygen atoms in total. The Morgan fingerprint density at radius 2 is 1.82 bits per heavy atom. The van der Waals surface area contributed by atoms with Gasteiger partial charge in [0.1, 0.15) is 16.5 Å². The highest BCUT2D eigenvalue weighted by Gasteiger charge is 2.29. The highest BCUT2D eigenvalue weighted by molar-refractivity contribution is 7.19. The fourth-order valence-corrected chi connectivity index (χ4v) is 6.03. The number of carbonyl (C=O) groups excluding carboxylic acids is 1. The van der Waals surface area contributed by atoms with Crippen LogP contribution < -0.4 is 4.90 Å². The molecule has 1 fully saturated rings. The Balaban J connectivity index is 1.37. The summed E-state index contributed by atoms with van der Waals surface area (Å²) >= 11 is 1.80. The van der Waals surface area contributed by atoms with Crippen LogP contribution in [0.3, 0.4) is 0 Å². The number of fused-ring (bicyclic) bond motifs is 3. The number of aryl methyl sites for hydroxylation is 1. The summed E-state index contributed by atoms with van der Waals surface area (Å²) in [4.78, 5) is 42.3. The van der Waals surface area contributed by atoms with E-state index in [-0.39, 0.29) is 11.6 Å². The van der Waals surface area contributed by atoms with Gasteiger partial charge in [-0.2, -0.15) is 0 Å². The van der Waals surface area contributed by atoms with Crippen LogP contribution in [-0.2, 0) is 19.4 Å². The predicted octanol–water partition coefficient (Wildman–Crippen LogP) is 3.50. The summed E-state index contributed by atoms with van der Waals surface area (Å²) in [5, 5.41) is 12.1. The number of thiophene rings is 1. The van der Waals surface area contributed by atoms with Crippen molar-refractivity contribution in [1.29, 1.82) is 0 Å². The van der Waals surface area contributed by atoms with E-state index < -0.39 is 4.92 Å². The number of hydrogen-bond donors (Lipinski definition) is 0. The van der Waals surface area contributed by atoms with Crippen LogP contribution in [0.5, 0.6) is 0 Å². The van der Waals surface area contributed by atoms with E-state index in [9.17, 15) is 14.9 Å². The third-order valence-corrected chi connectivity index (χ3v) is 7.87. The molecule has 0 aliphatic carbocycles. The summed E-state index contributed by atoms with van der Waals surface area (Å²) in [5.41, 5.74) is 1.86. The largest absolute Gasteiger partial charge is 0.352 e. The molecule has 178 valence electrons. The maximum atomic E-state index is 13.0. The second kappa shape index (κ2) is 9.27. The number of nitro groups is 1. The van der Waals surface area contributed by atoms with Gasteiger partial charge >= 0.3 is 0 Å². The van der Waals surface area contributed by atoms with Crippen molar-refractivity contribution in [3.8, 4) is 0 Å². The second-order valence-corrected chi connectivity index (χ2v) is 9.79. The van der Waals surface area contributed by atoms with Gasteiger partial charge in [-0.05, 0) is 30.7 Å². The molecular weight excluding hydrogens is 452 g/mol. The first kappa shape index (κ1) is 22.7. The van der Waals surface area contributed by atoms with Crippen molar-refractivity contribution in [2.45, 2.75) is 33.2 Å². The van der Waals surface area contributed by atoms with E-state index in [4.69, 9.17) is 9.97 Å². The first-order chi connectivity index (χ1) is 16.5. The summed E-state index contributed by atoms with van der Waals surface area (Å²) in [5.74, 6) is 1.77. The van der Waals surface area contributed by atoms with Gasteiger partial charge in [0.25, 0.3) is 11.6 Å². The Labute approximate surface area is 202 Å². The fourth-order valence-electron chi connectivity index (χ4n) is 4.76. The van der Waals surface area contributed by atoms with E-state index in [0.29, 0.717) is 31.7 Å². The van der Waals surface area contributed by atoms with Crippen molar-refractivity contribution in [2.24, 2.45) is 0 Å². The number of aromatic nitrogens is 2. The van der Waals surface area contributed by atoms with Crippen LogP contribution in [0.25, 0.3) is 10.2 Å². The number of amides is 1. The third kappa shape index (κ3) is 4.12. The molecule has 1 saturated heterocycles. The SMILES string of the molecule is CCc1nc(N2CCN(C(=O)c3ccc([N+](=O)[O-])cc3)CC2)c2c3c(sc2n1)CN(CC)CC3. The van der Waals surface area contributed by atoms with Crippen molar-refractivity contribution in [3.63, 3.8) is 0 Å². The molecule has 0 radical (unpaired) electrons. The molecule has 0 saturated carbocycles. The quantitative estimate of drug-likeness (QED) is 0.407. The standard InChI is InChI=1S/C24H28N6O3S/c1-3-20-25-22(21-18-9-10-27(4-2)15-19(18)34-23(21)26-20)28-11-13-29(14-12-28)24(31)16-5-7-17(8-6-16)30(32)33/h5-8H,3-4,9-15H2,1-2H3. The Morgan fingerprint density at radius 1 is 1.09 bits per heavy atom. The number of benzene rings is 1. The van der Waals surface area contributed by atoms with E-state index in [1.807, 2.05) is 4.90 Å². The number of rotatable bonds is 5. The summed E-state index contributed by atoms with van der Waals surface area (Å²) in [6, 6.07) is 5.83. The van der Waals surface area contributed by atoms with Crippen LogP contribution in [0, 0.1) is 10.1 Å². The average molecular weight is 481 g/mol. The summed E-state index contributed by atoms with van der Waals surface area (Å²) in [6.45, 7) is 9.93.